The highest BCUT2D eigenvalue weighted by Gasteiger charge is 2.55. The lowest BCUT2D eigenvalue weighted by Gasteiger charge is -2.36. The summed E-state index contributed by atoms with van der Waals surface area (Å²) in [4.78, 5) is 14.7. The standard InChI is InChI=1S/C17H15FN2O3/c1-9(21)23-17(11-3-4-11)16-12(6-7-22-17)14-10(8-19)2-5-13(18)15(14)20-16/h2,5,11,20H,3-4,6-7H2,1H3. The number of aromatic nitrogens is 1. The topological polar surface area (TPSA) is 75.1 Å². The van der Waals surface area contributed by atoms with Gasteiger partial charge in [-0.1, -0.05) is 0 Å². The largest absolute Gasteiger partial charge is 0.427 e. The van der Waals surface area contributed by atoms with Gasteiger partial charge in [0.15, 0.2) is 0 Å². The first kappa shape index (κ1) is 14.2. The first-order valence-corrected chi connectivity index (χ1v) is 7.64. The Labute approximate surface area is 132 Å². The quantitative estimate of drug-likeness (QED) is 0.865. The van der Waals surface area contributed by atoms with E-state index in [0.29, 0.717) is 29.7 Å². The molecule has 1 fully saturated rings. The van der Waals surface area contributed by atoms with Crippen molar-refractivity contribution in [1.29, 1.82) is 5.26 Å². The van der Waals surface area contributed by atoms with Crippen LogP contribution < -0.4 is 0 Å². The molecule has 1 aromatic heterocycles. The second-order valence-electron chi connectivity index (χ2n) is 6.07. The van der Waals surface area contributed by atoms with Gasteiger partial charge in [-0.25, -0.2) is 4.39 Å². The minimum atomic E-state index is -1.18. The lowest BCUT2D eigenvalue weighted by Crippen LogP contribution is -2.41. The fourth-order valence-corrected chi connectivity index (χ4v) is 3.52. The normalized spacial score (nSPS) is 23.3. The average Bonchev–Trinajstić information content (AvgIpc) is 3.29. The van der Waals surface area contributed by atoms with E-state index < -0.39 is 17.6 Å². The van der Waals surface area contributed by atoms with Gasteiger partial charge in [-0.15, -0.1) is 0 Å². The third-order valence-electron chi connectivity index (χ3n) is 4.56. The van der Waals surface area contributed by atoms with Crippen LogP contribution in [0, 0.1) is 23.1 Å². The monoisotopic (exact) mass is 314 g/mol. The van der Waals surface area contributed by atoms with Crippen LogP contribution in [0.3, 0.4) is 0 Å². The fourth-order valence-electron chi connectivity index (χ4n) is 3.52. The first-order valence-electron chi connectivity index (χ1n) is 7.64. The summed E-state index contributed by atoms with van der Waals surface area (Å²) in [5, 5.41) is 9.91. The smallest absolute Gasteiger partial charge is 0.305 e. The molecule has 6 heteroatoms. The van der Waals surface area contributed by atoms with Gasteiger partial charge in [0.1, 0.15) is 5.82 Å². The van der Waals surface area contributed by atoms with Gasteiger partial charge in [0.05, 0.1) is 29.5 Å². The third-order valence-corrected chi connectivity index (χ3v) is 4.56. The van der Waals surface area contributed by atoms with E-state index >= 15 is 0 Å². The number of esters is 1. The molecule has 0 amide bonds. The number of ether oxygens (including phenoxy) is 2. The molecule has 118 valence electrons. The Hall–Kier alpha value is -2.39. The number of fused-ring (bicyclic) bond motifs is 3. The predicted molar refractivity (Wildman–Crippen MR) is 78.8 cm³/mol. The molecule has 0 saturated heterocycles. The zero-order valence-corrected chi connectivity index (χ0v) is 12.6. The molecule has 4 rings (SSSR count). The van der Waals surface area contributed by atoms with Crippen LogP contribution >= 0.6 is 0 Å². The van der Waals surface area contributed by atoms with Gasteiger partial charge in [0, 0.05) is 18.2 Å². The van der Waals surface area contributed by atoms with Crippen LogP contribution in [0.2, 0.25) is 0 Å². The maximum Gasteiger partial charge on any atom is 0.305 e. The summed E-state index contributed by atoms with van der Waals surface area (Å²) in [7, 11) is 0. The van der Waals surface area contributed by atoms with E-state index in [1.165, 1.54) is 19.1 Å². The maximum atomic E-state index is 14.2. The molecule has 0 bridgehead atoms. The van der Waals surface area contributed by atoms with E-state index in [2.05, 4.69) is 11.1 Å². The van der Waals surface area contributed by atoms with Crippen LogP contribution in [0.15, 0.2) is 12.1 Å². The Morgan fingerprint density at radius 1 is 1.52 bits per heavy atom. The summed E-state index contributed by atoms with van der Waals surface area (Å²) >= 11 is 0. The zero-order valence-electron chi connectivity index (χ0n) is 12.6. The molecule has 2 aliphatic rings. The molecule has 5 nitrogen and oxygen atoms in total. The van der Waals surface area contributed by atoms with Crippen molar-refractivity contribution in [3.05, 3.63) is 34.8 Å². The number of nitriles is 1. The van der Waals surface area contributed by atoms with E-state index in [1.54, 1.807) is 0 Å². The van der Waals surface area contributed by atoms with Crippen LogP contribution in [-0.2, 0) is 26.5 Å². The highest BCUT2D eigenvalue weighted by molar-refractivity contribution is 5.91. The molecule has 1 N–H and O–H groups in total. The summed E-state index contributed by atoms with van der Waals surface area (Å²) in [5.74, 6) is -1.99. The second-order valence-corrected chi connectivity index (χ2v) is 6.07. The lowest BCUT2D eigenvalue weighted by molar-refractivity contribution is -0.255. The highest BCUT2D eigenvalue weighted by atomic mass is 19.1. The van der Waals surface area contributed by atoms with Crippen molar-refractivity contribution in [2.75, 3.05) is 6.61 Å². The van der Waals surface area contributed by atoms with Crippen LogP contribution in [0.25, 0.3) is 10.9 Å². The van der Waals surface area contributed by atoms with E-state index in [4.69, 9.17) is 9.47 Å². The van der Waals surface area contributed by atoms with Crippen molar-refractivity contribution in [2.45, 2.75) is 32.0 Å². The highest BCUT2D eigenvalue weighted by Crippen LogP contribution is 2.52. The summed E-state index contributed by atoms with van der Waals surface area (Å²) in [6, 6.07) is 4.86. The van der Waals surface area contributed by atoms with Crippen LogP contribution in [-0.4, -0.2) is 17.6 Å². The van der Waals surface area contributed by atoms with Gasteiger partial charge in [-0.05, 0) is 37.0 Å². The number of nitrogens with zero attached hydrogens (tertiary/aromatic N) is 1. The number of halogens is 1. The molecular weight excluding hydrogens is 299 g/mol. The van der Waals surface area contributed by atoms with Crippen molar-refractivity contribution in [2.24, 2.45) is 5.92 Å². The second kappa shape index (κ2) is 4.80. The van der Waals surface area contributed by atoms with E-state index in [9.17, 15) is 14.4 Å². The first-order chi connectivity index (χ1) is 11.1. The third kappa shape index (κ3) is 1.97. The Bertz CT molecular complexity index is 863. The van der Waals surface area contributed by atoms with E-state index in [-0.39, 0.29) is 11.4 Å². The number of benzene rings is 1. The van der Waals surface area contributed by atoms with Gasteiger partial charge >= 0.3 is 5.97 Å². The summed E-state index contributed by atoms with van der Waals surface area (Å²) in [6.45, 7) is 1.71. The predicted octanol–water partition coefficient (Wildman–Crippen LogP) is 2.88. The van der Waals surface area contributed by atoms with Crippen LogP contribution in [0.4, 0.5) is 4.39 Å². The lowest BCUT2D eigenvalue weighted by atomic mass is 9.95. The fraction of sp³-hybridized carbons (Fsp3) is 0.412. The molecular formula is C17H15FN2O3. The minimum Gasteiger partial charge on any atom is -0.427 e. The Balaban J connectivity index is 2.02. The van der Waals surface area contributed by atoms with Crippen molar-refractivity contribution in [3.8, 4) is 6.07 Å². The maximum absolute atomic E-state index is 14.2. The number of H-pyrrole nitrogens is 1. The molecule has 2 aromatic rings. The van der Waals surface area contributed by atoms with Gasteiger partial charge in [-0.3, -0.25) is 4.79 Å². The number of hydrogen-bond donors (Lipinski definition) is 1. The van der Waals surface area contributed by atoms with Gasteiger partial charge in [-0.2, -0.15) is 5.26 Å². The number of hydrogen-bond acceptors (Lipinski definition) is 4. The van der Waals surface area contributed by atoms with Crippen molar-refractivity contribution in [3.63, 3.8) is 0 Å². The molecule has 1 aromatic carbocycles. The van der Waals surface area contributed by atoms with E-state index in [0.717, 1.165) is 18.4 Å². The van der Waals surface area contributed by atoms with E-state index in [1.807, 2.05) is 0 Å². The SMILES string of the molecule is CC(=O)OC1(C2CC2)OCCc2c1[nH]c1c(F)ccc(C#N)c21. The van der Waals surface area contributed by atoms with Crippen LogP contribution in [0.5, 0.6) is 0 Å². The Morgan fingerprint density at radius 2 is 2.30 bits per heavy atom. The Kier molecular flexibility index (Phi) is 2.97. The molecule has 1 saturated carbocycles. The molecule has 1 atom stereocenters. The number of aromatic amines is 1. The van der Waals surface area contributed by atoms with Crippen molar-refractivity contribution >= 4 is 16.9 Å². The van der Waals surface area contributed by atoms with Crippen molar-refractivity contribution in [1.82, 2.24) is 4.98 Å². The van der Waals surface area contributed by atoms with Gasteiger partial charge in [0.25, 0.3) is 5.79 Å². The van der Waals surface area contributed by atoms with Gasteiger partial charge < -0.3 is 14.5 Å². The number of rotatable bonds is 2. The number of nitrogens with one attached hydrogen (secondary N) is 1. The van der Waals surface area contributed by atoms with Crippen LogP contribution in [0.1, 0.15) is 36.6 Å². The Morgan fingerprint density at radius 3 is 2.96 bits per heavy atom. The van der Waals surface area contributed by atoms with Gasteiger partial charge in [0.2, 0.25) is 0 Å². The summed E-state index contributed by atoms with van der Waals surface area (Å²) in [6.07, 6.45) is 2.31. The number of carbonyl (C=O) groups excluding carboxylic acids is 1. The molecule has 1 aliphatic carbocycles. The average molecular weight is 314 g/mol. The molecule has 0 spiro atoms. The number of carbonyl (C=O) groups is 1. The molecule has 23 heavy (non-hydrogen) atoms. The molecule has 1 unspecified atom stereocenters. The minimum absolute atomic E-state index is 0.0621. The zero-order chi connectivity index (χ0) is 16.2. The van der Waals surface area contributed by atoms with Crippen molar-refractivity contribution < 1.29 is 18.7 Å². The summed E-state index contributed by atoms with van der Waals surface area (Å²) in [5.41, 5.74) is 2.08. The molecule has 1 aliphatic heterocycles. The molecule has 2 heterocycles. The molecule has 0 radical (unpaired) electrons. The summed E-state index contributed by atoms with van der Waals surface area (Å²) < 4.78 is 25.7.